The van der Waals surface area contributed by atoms with Gasteiger partial charge in [-0.2, -0.15) is 0 Å². The SMILES string of the molecule is CCN(CC)c1cnc(C(=O)N2CCN(c3ccc(OC)cc3)CC2)cn1. The lowest BCUT2D eigenvalue weighted by Crippen LogP contribution is -2.49. The number of ether oxygens (including phenoxy) is 1. The fourth-order valence-corrected chi connectivity index (χ4v) is 3.27. The Labute approximate surface area is 160 Å². The van der Waals surface area contributed by atoms with Gasteiger partial charge in [0.1, 0.15) is 17.3 Å². The molecule has 0 N–H and O–H groups in total. The minimum absolute atomic E-state index is 0.0528. The van der Waals surface area contributed by atoms with Gasteiger partial charge in [-0.05, 0) is 38.1 Å². The molecule has 7 nitrogen and oxygen atoms in total. The van der Waals surface area contributed by atoms with Crippen molar-refractivity contribution in [1.29, 1.82) is 0 Å². The number of piperazine rings is 1. The molecule has 1 amide bonds. The standard InChI is InChI=1S/C20H27N5O2/c1-4-23(5-2)19-15-21-18(14-22-19)20(26)25-12-10-24(11-13-25)16-6-8-17(27-3)9-7-16/h6-9,14-15H,4-5,10-13H2,1-3H3. The number of carbonyl (C=O) groups is 1. The van der Waals surface area contributed by atoms with E-state index in [0.29, 0.717) is 18.8 Å². The number of aromatic nitrogens is 2. The number of nitrogens with zero attached hydrogens (tertiary/aromatic N) is 5. The van der Waals surface area contributed by atoms with Gasteiger partial charge in [-0.1, -0.05) is 0 Å². The normalized spacial score (nSPS) is 14.2. The monoisotopic (exact) mass is 369 g/mol. The summed E-state index contributed by atoms with van der Waals surface area (Å²) in [7, 11) is 1.66. The summed E-state index contributed by atoms with van der Waals surface area (Å²) in [6, 6.07) is 8.02. The molecule has 2 heterocycles. The Morgan fingerprint density at radius 2 is 1.70 bits per heavy atom. The van der Waals surface area contributed by atoms with Gasteiger partial charge in [0.05, 0.1) is 19.5 Å². The predicted octanol–water partition coefficient (Wildman–Crippen LogP) is 2.29. The minimum atomic E-state index is -0.0528. The van der Waals surface area contributed by atoms with Gasteiger partial charge in [0, 0.05) is 45.0 Å². The molecule has 0 bridgehead atoms. The lowest BCUT2D eigenvalue weighted by molar-refractivity contribution is 0.0740. The van der Waals surface area contributed by atoms with Crippen LogP contribution in [0.4, 0.5) is 11.5 Å². The van der Waals surface area contributed by atoms with Gasteiger partial charge in [-0.25, -0.2) is 9.97 Å². The van der Waals surface area contributed by atoms with E-state index in [2.05, 4.69) is 33.6 Å². The molecule has 27 heavy (non-hydrogen) atoms. The van der Waals surface area contributed by atoms with E-state index in [1.807, 2.05) is 29.2 Å². The fraction of sp³-hybridized carbons (Fsp3) is 0.450. The van der Waals surface area contributed by atoms with E-state index < -0.39 is 0 Å². The number of methoxy groups -OCH3 is 1. The van der Waals surface area contributed by atoms with Crippen LogP contribution in [0.25, 0.3) is 0 Å². The van der Waals surface area contributed by atoms with Gasteiger partial charge in [0.15, 0.2) is 0 Å². The molecule has 1 fully saturated rings. The van der Waals surface area contributed by atoms with E-state index >= 15 is 0 Å². The Balaban J connectivity index is 1.59. The molecule has 1 aliphatic heterocycles. The molecule has 1 aliphatic rings. The second kappa shape index (κ2) is 8.70. The summed E-state index contributed by atoms with van der Waals surface area (Å²) in [6.45, 7) is 8.82. The Bertz CT molecular complexity index is 736. The second-order valence-corrected chi connectivity index (χ2v) is 6.41. The zero-order valence-corrected chi connectivity index (χ0v) is 16.3. The van der Waals surface area contributed by atoms with E-state index in [4.69, 9.17) is 4.74 Å². The van der Waals surface area contributed by atoms with Crippen LogP contribution in [0.15, 0.2) is 36.7 Å². The Kier molecular flexibility index (Phi) is 6.11. The number of rotatable bonds is 6. The van der Waals surface area contributed by atoms with Crippen LogP contribution in [0.1, 0.15) is 24.3 Å². The van der Waals surface area contributed by atoms with Crippen molar-refractivity contribution in [2.45, 2.75) is 13.8 Å². The van der Waals surface area contributed by atoms with Gasteiger partial charge in [0.25, 0.3) is 5.91 Å². The highest BCUT2D eigenvalue weighted by atomic mass is 16.5. The molecule has 0 spiro atoms. The summed E-state index contributed by atoms with van der Waals surface area (Å²) in [5.74, 6) is 1.60. The van der Waals surface area contributed by atoms with E-state index in [9.17, 15) is 4.79 Å². The topological polar surface area (TPSA) is 61.8 Å². The third kappa shape index (κ3) is 4.30. The molecule has 3 rings (SSSR count). The summed E-state index contributed by atoms with van der Waals surface area (Å²) in [5.41, 5.74) is 1.55. The van der Waals surface area contributed by atoms with Gasteiger partial charge >= 0.3 is 0 Å². The van der Waals surface area contributed by atoms with Crippen molar-refractivity contribution in [1.82, 2.24) is 14.9 Å². The molecule has 7 heteroatoms. The molecule has 0 atom stereocenters. The quantitative estimate of drug-likeness (QED) is 0.779. The van der Waals surface area contributed by atoms with Crippen molar-refractivity contribution in [2.75, 3.05) is 56.2 Å². The van der Waals surface area contributed by atoms with Crippen molar-refractivity contribution < 1.29 is 9.53 Å². The maximum Gasteiger partial charge on any atom is 0.274 e. The average Bonchev–Trinajstić information content (AvgIpc) is 2.75. The molecular formula is C20H27N5O2. The minimum Gasteiger partial charge on any atom is -0.497 e. The highest BCUT2D eigenvalue weighted by Crippen LogP contribution is 2.21. The molecule has 0 aliphatic carbocycles. The van der Waals surface area contributed by atoms with Crippen LogP contribution in [0.5, 0.6) is 5.75 Å². The van der Waals surface area contributed by atoms with Crippen LogP contribution in [0.2, 0.25) is 0 Å². The molecular weight excluding hydrogens is 342 g/mol. The zero-order valence-electron chi connectivity index (χ0n) is 16.3. The molecule has 1 aromatic carbocycles. The first kappa shape index (κ1) is 18.9. The van der Waals surface area contributed by atoms with E-state index in [-0.39, 0.29) is 5.91 Å². The Hall–Kier alpha value is -2.83. The largest absolute Gasteiger partial charge is 0.497 e. The van der Waals surface area contributed by atoms with Gasteiger partial charge in [-0.3, -0.25) is 4.79 Å². The maximum atomic E-state index is 12.7. The summed E-state index contributed by atoms with van der Waals surface area (Å²) >= 11 is 0. The van der Waals surface area contributed by atoms with Crippen LogP contribution in [-0.2, 0) is 0 Å². The lowest BCUT2D eigenvalue weighted by atomic mass is 10.2. The molecule has 1 aromatic heterocycles. The number of hydrogen-bond donors (Lipinski definition) is 0. The second-order valence-electron chi connectivity index (χ2n) is 6.41. The number of anilines is 2. The van der Waals surface area contributed by atoms with E-state index in [1.54, 1.807) is 19.5 Å². The summed E-state index contributed by atoms with van der Waals surface area (Å²) in [4.78, 5) is 27.7. The number of amides is 1. The lowest BCUT2D eigenvalue weighted by Gasteiger charge is -2.36. The number of hydrogen-bond acceptors (Lipinski definition) is 6. The van der Waals surface area contributed by atoms with E-state index in [1.165, 1.54) is 0 Å². The number of carbonyl (C=O) groups excluding carboxylic acids is 1. The van der Waals surface area contributed by atoms with Crippen molar-refractivity contribution in [2.24, 2.45) is 0 Å². The molecule has 0 radical (unpaired) electrons. The average molecular weight is 369 g/mol. The summed E-state index contributed by atoms with van der Waals surface area (Å²) < 4.78 is 5.20. The third-order valence-corrected chi connectivity index (χ3v) is 4.95. The van der Waals surface area contributed by atoms with Crippen LogP contribution < -0.4 is 14.5 Å². The molecule has 144 valence electrons. The van der Waals surface area contributed by atoms with E-state index in [0.717, 1.165) is 43.4 Å². The molecule has 2 aromatic rings. The highest BCUT2D eigenvalue weighted by Gasteiger charge is 2.23. The van der Waals surface area contributed by atoms with Crippen molar-refractivity contribution >= 4 is 17.4 Å². The zero-order chi connectivity index (χ0) is 19.2. The first-order valence-corrected chi connectivity index (χ1v) is 9.41. The van der Waals surface area contributed by atoms with Crippen LogP contribution in [-0.4, -0.2) is 67.2 Å². The first-order chi connectivity index (χ1) is 13.2. The highest BCUT2D eigenvalue weighted by molar-refractivity contribution is 5.92. The van der Waals surface area contributed by atoms with Crippen LogP contribution in [0.3, 0.4) is 0 Å². The Morgan fingerprint density at radius 1 is 1.04 bits per heavy atom. The summed E-state index contributed by atoms with van der Waals surface area (Å²) in [6.07, 6.45) is 3.28. The predicted molar refractivity (Wildman–Crippen MR) is 107 cm³/mol. The van der Waals surface area contributed by atoms with Crippen molar-refractivity contribution in [3.05, 3.63) is 42.4 Å². The number of benzene rings is 1. The summed E-state index contributed by atoms with van der Waals surface area (Å²) in [5, 5.41) is 0. The Morgan fingerprint density at radius 3 is 2.22 bits per heavy atom. The van der Waals surface area contributed by atoms with Gasteiger partial charge < -0.3 is 19.4 Å². The van der Waals surface area contributed by atoms with Crippen molar-refractivity contribution in [3.63, 3.8) is 0 Å². The van der Waals surface area contributed by atoms with Gasteiger partial charge in [0.2, 0.25) is 0 Å². The van der Waals surface area contributed by atoms with Crippen LogP contribution in [0, 0.1) is 0 Å². The fourth-order valence-electron chi connectivity index (χ4n) is 3.27. The van der Waals surface area contributed by atoms with Crippen LogP contribution >= 0.6 is 0 Å². The smallest absolute Gasteiger partial charge is 0.274 e. The van der Waals surface area contributed by atoms with Crippen molar-refractivity contribution in [3.8, 4) is 5.75 Å². The van der Waals surface area contributed by atoms with Gasteiger partial charge in [-0.15, -0.1) is 0 Å². The third-order valence-electron chi connectivity index (χ3n) is 4.95. The maximum absolute atomic E-state index is 12.7. The molecule has 0 unspecified atom stereocenters. The first-order valence-electron chi connectivity index (χ1n) is 9.41. The molecule has 0 saturated carbocycles. The molecule has 1 saturated heterocycles.